The van der Waals surface area contributed by atoms with Gasteiger partial charge in [0.1, 0.15) is 0 Å². The van der Waals surface area contributed by atoms with Crippen molar-refractivity contribution in [1.29, 1.82) is 0 Å². The summed E-state index contributed by atoms with van der Waals surface area (Å²) in [6.07, 6.45) is 5.40. The van der Waals surface area contributed by atoms with E-state index in [1.165, 1.54) is 22.9 Å². The van der Waals surface area contributed by atoms with Crippen LogP contribution >= 0.6 is 0 Å². The Balaban J connectivity index is 2.58. The third-order valence-corrected chi connectivity index (χ3v) is 3.26. The number of aryl methyl sites for hydroxylation is 3. The summed E-state index contributed by atoms with van der Waals surface area (Å²) < 4.78 is 1.70. The van der Waals surface area contributed by atoms with E-state index in [0.29, 0.717) is 0 Å². The summed E-state index contributed by atoms with van der Waals surface area (Å²) in [5.74, 6) is 0. The van der Waals surface area contributed by atoms with Crippen LogP contribution in [0.5, 0.6) is 0 Å². The Morgan fingerprint density at radius 1 is 1.20 bits per heavy atom. The number of nitrogens with zero attached hydrogens (tertiary/aromatic N) is 1. The molecule has 1 aliphatic carbocycles. The fourth-order valence-corrected chi connectivity index (χ4v) is 2.57. The van der Waals surface area contributed by atoms with Gasteiger partial charge in [-0.05, 0) is 41.8 Å². The fourth-order valence-electron chi connectivity index (χ4n) is 2.57. The minimum atomic E-state index is 0.123. The van der Waals surface area contributed by atoms with Crippen LogP contribution in [0.4, 0.5) is 0 Å². The van der Waals surface area contributed by atoms with Crippen LogP contribution in [0.1, 0.15) is 17.5 Å². The van der Waals surface area contributed by atoms with Gasteiger partial charge in [-0.25, -0.2) is 0 Å². The van der Waals surface area contributed by atoms with Crippen molar-refractivity contribution in [2.45, 2.75) is 19.3 Å². The molecule has 2 nitrogen and oxygen atoms in total. The van der Waals surface area contributed by atoms with Crippen molar-refractivity contribution in [3.8, 4) is 0 Å². The van der Waals surface area contributed by atoms with Gasteiger partial charge in [0.05, 0.1) is 0 Å². The summed E-state index contributed by atoms with van der Waals surface area (Å²) >= 11 is 0. The van der Waals surface area contributed by atoms with Crippen LogP contribution in [-0.4, -0.2) is 4.57 Å². The quantitative estimate of drug-likeness (QED) is 0.636. The van der Waals surface area contributed by atoms with Gasteiger partial charge in [-0.2, -0.15) is 0 Å². The number of rotatable bonds is 0. The molecule has 0 saturated heterocycles. The second-order valence-electron chi connectivity index (χ2n) is 4.26. The Morgan fingerprint density at radius 3 is 2.87 bits per heavy atom. The second kappa shape index (κ2) is 2.96. The van der Waals surface area contributed by atoms with E-state index >= 15 is 0 Å². The van der Waals surface area contributed by atoms with Gasteiger partial charge in [-0.3, -0.25) is 4.79 Å². The molecule has 1 aliphatic rings. The normalized spacial score (nSPS) is 14.5. The Morgan fingerprint density at radius 2 is 2.00 bits per heavy atom. The largest absolute Gasteiger partial charge is 0.318 e. The third kappa shape index (κ3) is 1.14. The maximum Gasteiger partial charge on any atom is 0.258 e. The lowest BCUT2D eigenvalue weighted by Gasteiger charge is -2.17. The summed E-state index contributed by atoms with van der Waals surface area (Å²) in [5.41, 5.74) is 2.79. The van der Waals surface area contributed by atoms with Crippen LogP contribution in [-0.2, 0) is 19.9 Å². The molecule has 2 heteroatoms. The second-order valence-corrected chi connectivity index (χ2v) is 4.26. The molecule has 0 radical (unpaired) electrons. The van der Waals surface area contributed by atoms with Gasteiger partial charge >= 0.3 is 0 Å². The molecule has 0 amide bonds. The average Bonchev–Trinajstić information content (AvgIpc) is 2.26. The molecule has 1 heterocycles. The highest BCUT2D eigenvalue weighted by atomic mass is 16.1. The Bertz CT molecular complexity index is 595. The summed E-state index contributed by atoms with van der Waals surface area (Å²) in [5, 5.41) is 2.10. The maximum absolute atomic E-state index is 11.9. The highest BCUT2D eigenvalue weighted by Crippen LogP contribution is 2.27. The van der Waals surface area contributed by atoms with Crippen molar-refractivity contribution in [2.75, 3.05) is 0 Å². The van der Waals surface area contributed by atoms with Crippen molar-refractivity contribution < 1.29 is 0 Å². The van der Waals surface area contributed by atoms with Gasteiger partial charge in [0.15, 0.2) is 0 Å². The molecule has 0 atom stereocenters. The van der Waals surface area contributed by atoms with E-state index in [2.05, 4.69) is 6.07 Å². The van der Waals surface area contributed by atoms with Gasteiger partial charge in [0.25, 0.3) is 5.56 Å². The first kappa shape index (κ1) is 8.72. The van der Waals surface area contributed by atoms with Crippen LogP contribution < -0.4 is 5.56 Å². The van der Waals surface area contributed by atoms with Gasteiger partial charge in [0, 0.05) is 18.6 Å². The zero-order chi connectivity index (χ0) is 10.4. The topological polar surface area (TPSA) is 22.0 Å². The lowest BCUT2D eigenvalue weighted by Crippen LogP contribution is -2.19. The van der Waals surface area contributed by atoms with Gasteiger partial charge in [0.2, 0.25) is 0 Å². The zero-order valence-corrected chi connectivity index (χ0v) is 8.79. The Hall–Kier alpha value is -1.57. The molecular weight excluding hydrogens is 186 g/mol. The zero-order valence-electron chi connectivity index (χ0n) is 8.79. The van der Waals surface area contributed by atoms with E-state index in [4.69, 9.17) is 0 Å². The molecule has 1 aromatic carbocycles. The number of hydrogen-bond acceptors (Lipinski definition) is 1. The SMILES string of the molecule is Cn1cc2c3c(cccc3c1=O)CCC2. The number of aromatic nitrogens is 1. The van der Waals surface area contributed by atoms with Crippen molar-refractivity contribution in [3.63, 3.8) is 0 Å². The molecule has 1 aromatic heterocycles. The minimum Gasteiger partial charge on any atom is -0.318 e. The van der Waals surface area contributed by atoms with E-state index in [1.54, 1.807) is 4.57 Å². The Kier molecular flexibility index (Phi) is 1.72. The van der Waals surface area contributed by atoms with Crippen molar-refractivity contribution in [3.05, 3.63) is 45.9 Å². The number of pyridine rings is 1. The fraction of sp³-hybridized carbons (Fsp3) is 0.308. The summed E-state index contributed by atoms with van der Waals surface area (Å²) in [6, 6.07) is 6.08. The smallest absolute Gasteiger partial charge is 0.258 e. The molecular formula is C13H13NO. The van der Waals surface area contributed by atoms with Gasteiger partial charge < -0.3 is 4.57 Å². The highest BCUT2D eigenvalue weighted by molar-refractivity contribution is 5.88. The molecule has 0 fully saturated rings. The maximum atomic E-state index is 11.9. The van der Waals surface area contributed by atoms with Crippen molar-refractivity contribution >= 4 is 10.8 Å². The van der Waals surface area contributed by atoms with E-state index < -0.39 is 0 Å². The first-order valence-corrected chi connectivity index (χ1v) is 5.37. The standard InChI is InChI=1S/C13H13NO/c1-14-8-10-6-2-4-9-5-3-7-11(12(9)10)13(14)15/h3,5,7-8H,2,4,6H2,1H3. The van der Waals surface area contributed by atoms with Crippen LogP contribution in [0, 0.1) is 0 Å². The van der Waals surface area contributed by atoms with Crippen LogP contribution in [0.2, 0.25) is 0 Å². The molecule has 0 bridgehead atoms. The first-order chi connectivity index (χ1) is 7.27. The summed E-state index contributed by atoms with van der Waals surface area (Å²) in [7, 11) is 1.83. The van der Waals surface area contributed by atoms with Crippen LogP contribution in [0.3, 0.4) is 0 Å². The number of hydrogen-bond donors (Lipinski definition) is 0. The molecule has 0 N–H and O–H groups in total. The number of benzene rings is 1. The monoisotopic (exact) mass is 199 g/mol. The van der Waals surface area contributed by atoms with Gasteiger partial charge in [-0.15, -0.1) is 0 Å². The van der Waals surface area contributed by atoms with E-state index in [-0.39, 0.29) is 5.56 Å². The first-order valence-electron chi connectivity index (χ1n) is 5.37. The third-order valence-electron chi connectivity index (χ3n) is 3.26. The molecule has 0 spiro atoms. The van der Waals surface area contributed by atoms with E-state index in [0.717, 1.165) is 18.2 Å². The average molecular weight is 199 g/mol. The van der Waals surface area contributed by atoms with Crippen molar-refractivity contribution in [2.24, 2.45) is 7.05 Å². The van der Waals surface area contributed by atoms with Crippen molar-refractivity contribution in [1.82, 2.24) is 4.57 Å². The van der Waals surface area contributed by atoms with E-state index in [1.807, 2.05) is 25.4 Å². The van der Waals surface area contributed by atoms with Gasteiger partial charge in [-0.1, -0.05) is 12.1 Å². The molecule has 15 heavy (non-hydrogen) atoms. The molecule has 3 rings (SSSR count). The minimum absolute atomic E-state index is 0.123. The summed E-state index contributed by atoms with van der Waals surface area (Å²) in [4.78, 5) is 11.9. The molecule has 76 valence electrons. The molecule has 0 saturated carbocycles. The predicted octanol–water partition coefficient (Wildman–Crippen LogP) is 2.03. The lowest BCUT2D eigenvalue weighted by atomic mass is 9.90. The predicted molar refractivity (Wildman–Crippen MR) is 61.2 cm³/mol. The summed E-state index contributed by atoms with van der Waals surface area (Å²) in [6.45, 7) is 0. The lowest BCUT2D eigenvalue weighted by molar-refractivity contribution is 0.778. The molecule has 0 aliphatic heterocycles. The molecule has 2 aromatic rings. The highest BCUT2D eigenvalue weighted by Gasteiger charge is 2.14. The molecule has 0 unspecified atom stereocenters. The van der Waals surface area contributed by atoms with Crippen LogP contribution in [0.15, 0.2) is 29.2 Å². The Labute approximate surface area is 88.2 Å². The van der Waals surface area contributed by atoms with Crippen LogP contribution in [0.25, 0.3) is 10.8 Å². The van der Waals surface area contributed by atoms with E-state index in [9.17, 15) is 4.79 Å².